The lowest BCUT2D eigenvalue weighted by molar-refractivity contribution is 0.176. The molecule has 1 aromatic rings. The summed E-state index contributed by atoms with van der Waals surface area (Å²) in [5, 5.41) is 13.2. The molecule has 1 aliphatic rings. The number of aliphatic hydroxyl groups is 1. The van der Waals surface area contributed by atoms with Gasteiger partial charge in [-0.2, -0.15) is 0 Å². The smallest absolute Gasteiger partial charge is 0.126 e. The van der Waals surface area contributed by atoms with Crippen molar-refractivity contribution in [2.45, 2.75) is 24.8 Å². The van der Waals surface area contributed by atoms with Gasteiger partial charge in [-0.3, -0.25) is 0 Å². The second-order valence-corrected chi connectivity index (χ2v) is 4.82. The van der Waals surface area contributed by atoms with Crippen LogP contribution >= 0.6 is 11.6 Å². The van der Waals surface area contributed by atoms with E-state index in [9.17, 15) is 9.50 Å². The molecule has 1 fully saturated rings. The van der Waals surface area contributed by atoms with Gasteiger partial charge in [0.05, 0.1) is 6.61 Å². The Morgan fingerprint density at radius 1 is 1.50 bits per heavy atom. The van der Waals surface area contributed by atoms with Gasteiger partial charge in [-0.15, -0.1) is 0 Å². The zero-order valence-electron chi connectivity index (χ0n) is 8.97. The van der Waals surface area contributed by atoms with Gasteiger partial charge in [0, 0.05) is 10.6 Å². The first-order chi connectivity index (χ1) is 7.65. The van der Waals surface area contributed by atoms with E-state index in [1.54, 1.807) is 6.07 Å². The van der Waals surface area contributed by atoms with E-state index < -0.39 is 0 Å². The van der Waals surface area contributed by atoms with Gasteiger partial charge >= 0.3 is 0 Å². The van der Waals surface area contributed by atoms with Gasteiger partial charge in [0.15, 0.2) is 0 Å². The van der Waals surface area contributed by atoms with E-state index in [2.05, 4.69) is 5.32 Å². The second kappa shape index (κ2) is 4.70. The lowest BCUT2D eigenvalue weighted by Crippen LogP contribution is -2.45. The van der Waals surface area contributed by atoms with Crippen molar-refractivity contribution in [1.82, 2.24) is 5.32 Å². The van der Waals surface area contributed by atoms with Crippen LogP contribution in [-0.2, 0) is 6.42 Å². The molecule has 1 aromatic carbocycles. The average molecular weight is 244 g/mol. The summed E-state index contributed by atoms with van der Waals surface area (Å²) < 4.78 is 13.6. The maximum Gasteiger partial charge on any atom is 0.126 e. The third kappa shape index (κ3) is 2.37. The van der Waals surface area contributed by atoms with Crippen molar-refractivity contribution >= 4 is 11.6 Å². The highest BCUT2D eigenvalue weighted by Crippen LogP contribution is 2.26. The van der Waals surface area contributed by atoms with Crippen molar-refractivity contribution in [2.75, 3.05) is 13.2 Å². The third-order valence-electron chi connectivity index (χ3n) is 3.17. The molecular weight excluding hydrogens is 229 g/mol. The second-order valence-electron chi connectivity index (χ2n) is 4.38. The van der Waals surface area contributed by atoms with E-state index in [0.717, 1.165) is 19.4 Å². The first-order valence-corrected chi connectivity index (χ1v) is 5.83. The van der Waals surface area contributed by atoms with Crippen LogP contribution in [-0.4, -0.2) is 23.8 Å². The Morgan fingerprint density at radius 2 is 2.31 bits per heavy atom. The molecule has 2 rings (SSSR count). The molecule has 1 saturated heterocycles. The van der Waals surface area contributed by atoms with Gasteiger partial charge < -0.3 is 10.4 Å². The molecule has 4 heteroatoms. The van der Waals surface area contributed by atoms with E-state index in [0.29, 0.717) is 17.0 Å². The van der Waals surface area contributed by atoms with Gasteiger partial charge in [0.1, 0.15) is 5.82 Å². The topological polar surface area (TPSA) is 32.3 Å². The zero-order valence-corrected chi connectivity index (χ0v) is 9.73. The van der Waals surface area contributed by atoms with E-state index >= 15 is 0 Å². The molecule has 0 amide bonds. The fourth-order valence-electron chi connectivity index (χ4n) is 2.25. The Hall–Kier alpha value is -0.640. The number of benzene rings is 1. The summed E-state index contributed by atoms with van der Waals surface area (Å²) in [5.74, 6) is -0.258. The molecular formula is C12H15ClFNO. The number of hydrogen-bond donors (Lipinski definition) is 2. The van der Waals surface area contributed by atoms with Crippen LogP contribution in [0.3, 0.4) is 0 Å². The Balaban J connectivity index is 2.21. The number of rotatable bonds is 3. The molecule has 1 aliphatic heterocycles. The quantitative estimate of drug-likeness (QED) is 0.853. The first-order valence-electron chi connectivity index (χ1n) is 5.45. The molecule has 2 N–H and O–H groups in total. The molecule has 0 spiro atoms. The van der Waals surface area contributed by atoms with E-state index in [4.69, 9.17) is 11.6 Å². The minimum Gasteiger partial charge on any atom is -0.394 e. The average Bonchev–Trinajstić information content (AvgIpc) is 2.73. The predicted molar refractivity (Wildman–Crippen MR) is 62.2 cm³/mol. The fraction of sp³-hybridized carbons (Fsp3) is 0.500. The zero-order chi connectivity index (χ0) is 11.6. The van der Waals surface area contributed by atoms with Gasteiger partial charge in [0.2, 0.25) is 0 Å². The maximum absolute atomic E-state index is 13.6. The van der Waals surface area contributed by atoms with Crippen LogP contribution in [0.25, 0.3) is 0 Å². The number of nitrogens with one attached hydrogen (secondary N) is 1. The molecule has 1 atom stereocenters. The highest BCUT2D eigenvalue weighted by Gasteiger charge is 2.33. The third-order valence-corrected chi connectivity index (χ3v) is 3.41. The molecule has 0 bridgehead atoms. The van der Waals surface area contributed by atoms with Crippen LogP contribution in [0.4, 0.5) is 4.39 Å². The highest BCUT2D eigenvalue weighted by molar-refractivity contribution is 6.30. The molecule has 1 heterocycles. The maximum atomic E-state index is 13.6. The van der Waals surface area contributed by atoms with E-state index in [1.807, 2.05) is 0 Å². The Labute approximate surface area is 99.4 Å². The summed E-state index contributed by atoms with van der Waals surface area (Å²) >= 11 is 5.84. The van der Waals surface area contributed by atoms with Gasteiger partial charge in [-0.05, 0) is 49.6 Å². The number of hydrogen-bond acceptors (Lipinski definition) is 2. The first kappa shape index (κ1) is 11.8. The van der Waals surface area contributed by atoms with Gasteiger partial charge in [0.25, 0.3) is 0 Å². The van der Waals surface area contributed by atoms with Crippen LogP contribution in [0.15, 0.2) is 18.2 Å². The van der Waals surface area contributed by atoms with Crippen molar-refractivity contribution in [3.05, 3.63) is 34.6 Å². The van der Waals surface area contributed by atoms with Crippen molar-refractivity contribution in [1.29, 1.82) is 0 Å². The minimum absolute atomic E-state index is 0.0267. The number of halogens is 2. The van der Waals surface area contributed by atoms with Crippen LogP contribution in [0.2, 0.25) is 5.02 Å². The lowest BCUT2D eigenvalue weighted by Gasteiger charge is -2.27. The van der Waals surface area contributed by atoms with E-state index in [1.165, 1.54) is 12.1 Å². The molecule has 2 nitrogen and oxygen atoms in total. The van der Waals surface area contributed by atoms with Crippen molar-refractivity contribution in [2.24, 2.45) is 0 Å². The van der Waals surface area contributed by atoms with Crippen molar-refractivity contribution in [3.8, 4) is 0 Å². The SMILES string of the molecule is OCC1(Cc2cc(Cl)ccc2F)CCCN1. The van der Waals surface area contributed by atoms with E-state index in [-0.39, 0.29) is 18.0 Å². The van der Waals surface area contributed by atoms with Crippen molar-refractivity contribution < 1.29 is 9.50 Å². The standard InChI is InChI=1S/C12H15ClFNO/c13-10-2-3-11(14)9(6-10)7-12(8-16)4-1-5-15-12/h2-3,6,15-16H,1,4-5,7-8H2. The molecule has 0 aliphatic carbocycles. The molecule has 0 saturated carbocycles. The van der Waals surface area contributed by atoms with Gasteiger partial charge in [-0.1, -0.05) is 11.6 Å². The Kier molecular flexibility index (Phi) is 3.47. The Morgan fingerprint density at radius 3 is 2.94 bits per heavy atom. The van der Waals surface area contributed by atoms with Crippen LogP contribution in [0.5, 0.6) is 0 Å². The molecule has 16 heavy (non-hydrogen) atoms. The summed E-state index contributed by atoms with van der Waals surface area (Å²) in [6, 6.07) is 4.54. The monoisotopic (exact) mass is 243 g/mol. The highest BCUT2D eigenvalue weighted by atomic mass is 35.5. The summed E-state index contributed by atoms with van der Waals surface area (Å²) in [5.41, 5.74) is 0.196. The molecule has 0 aromatic heterocycles. The molecule has 0 radical (unpaired) electrons. The van der Waals surface area contributed by atoms with Crippen LogP contribution in [0.1, 0.15) is 18.4 Å². The minimum atomic E-state index is -0.370. The molecule has 1 unspecified atom stereocenters. The molecule has 88 valence electrons. The Bertz CT molecular complexity index is 377. The van der Waals surface area contributed by atoms with Crippen LogP contribution in [0, 0.1) is 5.82 Å². The predicted octanol–water partition coefficient (Wildman–Crippen LogP) is 2.14. The summed E-state index contributed by atoms with van der Waals surface area (Å²) in [4.78, 5) is 0. The summed E-state index contributed by atoms with van der Waals surface area (Å²) in [6.07, 6.45) is 2.37. The fourth-order valence-corrected chi connectivity index (χ4v) is 2.45. The summed E-state index contributed by atoms with van der Waals surface area (Å²) in [6.45, 7) is 0.904. The lowest BCUT2D eigenvalue weighted by atomic mass is 9.90. The number of aliphatic hydroxyl groups excluding tert-OH is 1. The largest absolute Gasteiger partial charge is 0.394 e. The van der Waals surface area contributed by atoms with Crippen LogP contribution < -0.4 is 5.32 Å². The van der Waals surface area contributed by atoms with Gasteiger partial charge in [-0.25, -0.2) is 4.39 Å². The normalized spacial score (nSPS) is 24.9. The van der Waals surface area contributed by atoms with Crippen molar-refractivity contribution in [3.63, 3.8) is 0 Å². The summed E-state index contributed by atoms with van der Waals surface area (Å²) in [7, 11) is 0.